The first-order valence-electron chi connectivity index (χ1n) is 4.58. The van der Waals surface area contributed by atoms with Gasteiger partial charge in [-0.15, -0.1) is 0 Å². The minimum atomic E-state index is -1.09. The lowest BCUT2D eigenvalue weighted by molar-refractivity contribution is 0.0649. The predicted molar refractivity (Wildman–Crippen MR) is 49.7 cm³/mol. The molecule has 1 heterocycles. The van der Waals surface area contributed by atoms with Crippen molar-refractivity contribution >= 4 is 17.6 Å². The van der Waals surface area contributed by atoms with Crippen LogP contribution in [0.3, 0.4) is 0 Å². The van der Waals surface area contributed by atoms with Gasteiger partial charge < -0.3 is 9.63 Å². The van der Waals surface area contributed by atoms with Gasteiger partial charge in [0.2, 0.25) is 5.76 Å². The largest absolute Gasteiger partial charge is 0.475 e. The van der Waals surface area contributed by atoms with Gasteiger partial charge in [-0.1, -0.05) is 29.6 Å². The van der Waals surface area contributed by atoms with Crippen LogP contribution in [0, 0.1) is 0 Å². The molecule has 0 bridgehead atoms. The Balaban J connectivity index is 2.38. The summed E-state index contributed by atoms with van der Waals surface area (Å²) >= 11 is 5.80. The fourth-order valence-corrected chi connectivity index (χ4v) is 2.27. The summed E-state index contributed by atoms with van der Waals surface area (Å²) in [5, 5.41) is 12.5. The van der Waals surface area contributed by atoms with Gasteiger partial charge in [-0.05, 0) is 18.8 Å². The number of carbonyl (C=O) groups is 1. The minimum absolute atomic E-state index is 0.0955. The second-order valence-electron chi connectivity index (χ2n) is 3.50. The molecule has 76 valence electrons. The lowest BCUT2D eigenvalue weighted by Crippen LogP contribution is -2.02. The van der Waals surface area contributed by atoms with Gasteiger partial charge in [-0.25, -0.2) is 4.79 Å². The third kappa shape index (κ3) is 1.50. The van der Waals surface area contributed by atoms with Crippen molar-refractivity contribution in [2.75, 3.05) is 0 Å². The summed E-state index contributed by atoms with van der Waals surface area (Å²) in [6, 6.07) is 0. The molecule has 0 spiro atoms. The maximum Gasteiger partial charge on any atom is 0.375 e. The summed E-state index contributed by atoms with van der Waals surface area (Å²) < 4.78 is 4.69. The van der Waals surface area contributed by atoms with Crippen LogP contribution in [0.1, 0.15) is 47.7 Å². The van der Waals surface area contributed by atoms with Crippen LogP contribution in [0.25, 0.3) is 0 Å². The van der Waals surface area contributed by atoms with Gasteiger partial charge in [0.1, 0.15) is 0 Å². The molecule has 0 aromatic carbocycles. The number of nitrogens with zero attached hydrogens (tertiary/aromatic N) is 1. The number of halogens is 1. The molecule has 0 saturated heterocycles. The molecule has 5 heteroatoms. The minimum Gasteiger partial charge on any atom is -0.475 e. The van der Waals surface area contributed by atoms with Gasteiger partial charge in [-0.2, -0.15) is 0 Å². The number of carboxylic acid groups (broad SMARTS) is 1. The Labute approximate surface area is 85.8 Å². The monoisotopic (exact) mass is 215 g/mol. The molecule has 1 aliphatic rings. The van der Waals surface area contributed by atoms with E-state index < -0.39 is 5.97 Å². The number of rotatable bonds is 2. The smallest absolute Gasteiger partial charge is 0.375 e. The summed E-state index contributed by atoms with van der Waals surface area (Å²) in [4.78, 5) is 10.8. The van der Waals surface area contributed by atoms with E-state index in [2.05, 4.69) is 9.68 Å². The van der Waals surface area contributed by atoms with Crippen molar-refractivity contribution < 1.29 is 14.4 Å². The highest BCUT2D eigenvalue weighted by molar-refractivity contribution is 6.30. The van der Waals surface area contributed by atoms with E-state index >= 15 is 0 Å². The van der Waals surface area contributed by atoms with E-state index in [-0.39, 0.29) is 16.8 Å². The van der Waals surface area contributed by atoms with Crippen molar-refractivity contribution in [3.05, 3.63) is 16.5 Å². The number of aromatic carboxylic acids is 1. The molecular weight excluding hydrogens is 206 g/mol. The van der Waals surface area contributed by atoms with Crippen molar-refractivity contribution in [1.29, 1.82) is 0 Å². The van der Waals surface area contributed by atoms with E-state index in [1.54, 1.807) is 0 Å². The van der Waals surface area contributed by atoms with Crippen molar-refractivity contribution in [2.24, 2.45) is 0 Å². The molecule has 1 N–H and O–H groups in total. The van der Waals surface area contributed by atoms with E-state index in [1.807, 2.05) is 0 Å². The van der Waals surface area contributed by atoms with Crippen molar-refractivity contribution in [2.45, 2.75) is 31.6 Å². The van der Waals surface area contributed by atoms with E-state index in [9.17, 15) is 4.79 Å². The fraction of sp³-hybridized carbons (Fsp3) is 0.556. The molecule has 4 nitrogen and oxygen atoms in total. The fourth-order valence-electron chi connectivity index (χ4n) is 2.00. The lowest BCUT2D eigenvalue weighted by Gasteiger charge is -2.05. The van der Waals surface area contributed by atoms with Crippen LogP contribution in [0.2, 0.25) is 5.15 Å². The molecule has 1 aliphatic carbocycles. The highest BCUT2D eigenvalue weighted by Gasteiger charge is 2.29. The van der Waals surface area contributed by atoms with Crippen LogP contribution in [-0.2, 0) is 0 Å². The molecule has 1 fully saturated rings. The SMILES string of the molecule is O=C(O)c1onc(Cl)c1C1CCCC1. The first-order valence-corrected chi connectivity index (χ1v) is 4.96. The molecule has 0 unspecified atom stereocenters. The number of aromatic nitrogens is 1. The zero-order valence-corrected chi connectivity index (χ0v) is 8.25. The van der Waals surface area contributed by atoms with Crippen LogP contribution < -0.4 is 0 Å². The van der Waals surface area contributed by atoms with Crippen molar-refractivity contribution in [3.8, 4) is 0 Å². The van der Waals surface area contributed by atoms with Crippen LogP contribution in [0.4, 0.5) is 0 Å². The zero-order valence-electron chi connectivity index (χ0n) is 7.49. The summed E-state index contributed by atoms with van der Waals surface area (Å²) in [6.07, 6.45) is 4.18. The Morgan fingerprint density at radius 3 is 2.71 bits per heavy atom. The quantitative estimate of drug-likeness (QED) is 0.824. The second-order valence-corrected chi connectivity index (χ2v) is 3.86. The van der Waals surface area contributed by atoms with Crippen LogP contribution in [0.5, 0.6) is 0 Å². The van der Waals surface area contributed by atoms with Crippen LogP contribution >= 0.6 is 11.6 Å². The Hall–Kier alpha value is -1.03. The van der Waals surface area contributed by atoms with Gasteiger partial charge in [0.05, 0.1) is 0 Å². The summed E-state index contributed by atoms with van der Waals surface area (Å²) in [6.45, 7) is 0. The summed E-state index contributed by atoms with van der Waals surface area (Å²) in [5.41, 5.74) is 0.580. The molecule has 1 saturated carbocycles. The molecule has 14 heavy (non-hydrogen) atoms. The second kappa shape index (κ2) is 3.61. The highest BCUT2D eigenvalue weighted by atomic mass is 35.5. The molecular formula is C9H10ClNO3. The van der Waals surface area contributed by atoms with Crippen molar-refractivity contribution in [3.63, 3.8) is 0 Å². The van der Waals surface area contributed by atoms with E-state index in [0.717, 1.165) is 25.7 Å². The lowest BCUT2D eigenvalue weighted by atomic mass is 9.99. The van der Waals surface area contributed by atoms with Gasteiger partial charge in [-0.3, -0.25) is 0 Å². The highest BCUT2D eigenvalue weighted by Crippen LogP contribution is 2.39. The Kier molecular flexibility index (Phi) is 2.46. The maximum absolute atomic E-state index is 10.8. The van der Waals surface area contributed by atoms with E-state index in [4.69, 9.17) is 16.7 Å². The van der Waals surface area contributed by atoms with Crippen LogP contribution in [0.15, 0.2) is 4.52 Å². The third-order valence-electron chi connectivity index (χ3n) is 2.64. The topological polar surface area (TPSA) is 63.3 Å². The Bertz CT molecular complexity index is 355. The summed E-state index contributed by atoms with van der Waals surface area (Å²) in [5.74, 6) is -0.979. The predicted octanol–water partition coefficient (Wildman–Crippen LogP) is 2.68. The first kappa shape index (κ1) is 9.52. The zero-order chi connectivity index (χ0) is 10.1. The van der Waals surface area contributed by atoms with Gasteiger partial charge in [0.15, 0.2) is 5.15 Å². The third-order valence-corrected chi connectivity index (χ3v) is 2.91. The molecule has 0 amide bonds. The van der Waals surface area contributed by atoms with Crippen LogP contribution in [-0.4, -0.2) is 16.2 Å². The summed E-state index contributed by atoms with van der Waals surface area (Å²) in [7, 11) is 0. The normalized spacial score (nSPS) is 17.5. The average Bonchev–Trinajstić information content (AvgIpc) is 2.71. The Morgan fingerprint density at radius 2 is 2.14 bits per heavy atom. The van der Waals surface area contributed by atoms with E-state index in [0.29, 0.717) is 5.56 Å². The maximum atomic E-state index is 10.8. The molecule has 1 aromatic rings. The Morgan fingerprint density at radius 1 is 1.50 bits per heavy atom. The number of hydrogen-bond acceptors (Lipinski definition) is 3. The van der Waals surface area contributed by atoms with Crippen molar-refractivity contribution in [1.82, 2.24) is 5.16 Å². The molecule has 0 radical (unpaired) electrons. The van der Waals surface area contributed by atoms with E-state index in [1.165, 1.54) is 0 Å². The first-order chi connectivity index (χ1) is 6.70. The molecule has 1 aromatic heterocycles. The van der Waals surface area contributed by atoms with Gasteiger partial charge in [0.25, 0.3) is 0 Å². The average molecular weight is 216 g/mol. The number of hydrogen-bond donors (Lipinski definition) is 1. The number of carboxylic acids is 1. The van der Waals surface area contributed by atoms with Gasteiger partial charge in [0, 0.05) is 5.56 Å². The molecule has 0 aliphatic heterocycles. The standard InChI is InChI=1S/C9H10ClNO3/c10-8-6(5-3-1-2-4-5)7(9(12)13)14-11-8/h5H,1-4H2,(H,12,13). The van der Waals surface area contributed by atoms with Gasteiger partial charge >= 0.3 is 5.97 Å². The molecule has 0 atom stereocenters. The molecule has 2 rings (SSSR count).